The molecule has 0 aromatic heterocycles. The maximum atomic E-state index is 12.2. The molecule has 1 fully saturated rings. The van der Waals surface area contributed by atoms with Gasteiger partial charge in [0.25, 0.3) is 0 Å². The first kappa shape index (κ1) is 15.0. The Labute approximate surface area is 118 Å². The molecule has 5 nitrogen and oxygen atoms in total. The Hall–Kier alpha value is -1.40. The fraction of sp³-hybridized carbons (Fsp3) is 0.500. The number of rotatable bonds is 4. The minimum atomic E-state index is -3.51. The lowest BCUT2D eigenvalue weighted by Gasteiger charge is -2.15. The van der Waals surface area contributed by atoms with Crippen molar-refractivity contribution in [2.45, 2.75) is 37.2 Å². The quantitative estimate of drug-likeness (QED) is 0.626. The SMILES string of the molecule is CC(C)(C)C(=O)OC[C@H]1O[C@@H]1S(=O)(=O)c1ccccc1. The van der Waals surface area contributed by atoms with Crippen molar-refractivity contribution < 1.29 is 22.7 Å². The van der Waals surface area contributed by atoms with Crippen molar-refractivity contribution in [2.75, 3.05) is 6.61 Å². The molecule has 110 valence electrons. The second kappa shape index (κ2) is 5.18. The highest BCUT2D eigenvalue weighted by atomic mass is 32.2. The van der Waals surface area contributed by atoms with Gasteiger partial charge in [-0.3, -0.25) is 4.79 Å². The van der Waals surface area contributed by atoms with Crippen LogP contribution in [0.4, 0.5) is 0 Å². The molecule has 1 heterocycles. The third-order valence-corrected chi connectivity index (χ3v) is 4.86. The Kier molecular flexibility index (Phi) is 3.88. The van der Waals surface area contributed by atoms with E-state index in [4.69, 9.17) is 9.47 Å². The smallest absolute Gasteiger partial charge is 0.311 e. The summed E-state index contributed by atoms with van der Waals surface area (Å²) in [5, 5.41) is 0. The van der Waals surface area contributed by atoms with Crippen molar-refractivity contribution in [3.63, 3.8) is 0 Å². The molecule has 0 unspecified atom stereocenters. The Bertz CT molecular complexity index is 586. The molecular formula is C14H18O5S. The molecule has 1 aliphatic heterocycles. The molecular weight excluding hydrogens is 280 g/mol. The number of ether oxygens (including phenoxy) is 2. The normalized spacial score (nSPS) is 22.4. The minimum absolute atomic E-state index is 0.0349. The maximum absolute atomic E-state index is 12.2. The van der Waals surface area contributed by atoms with Gasteiger partial charge in [-0.2, -0.15) is 0 Å². The Morgan fingerprint density at radius 2 is 1.85 bits per heavy atom. The van der Waals surface area contributed by atoms with Crippen LogP contribution >= 0.6 is 0 Å². The lowest BCUT2D eigenvalue weighted by Crippen LogP contribution is -2.25. The third-order valence-electron chi connectivity index (χ3n) is 2.90. The lowest BCUT2D eigenvalue weighted by atomic mass is 9.97. The van der Waals surface area contributed by atoms with Crippen molar-refractivity contribution in [3.05, 3.63) is 30.3 Å². The number of sulfone groups is 1. The summed E-state index contributed by atoms with van der Waals surface area (Å²) in [4.78, 5) is 11.8. The zero-order valence-corrected chi connectivity index (χ0v) is 12.5. The summed E-state index contributed by atoms with van der Waals surface area (Å²) in [6.45, 7) is 5.18. The van der Waals surface area contributed by atoms with E-state index in [-0.39, 0.29) is 17.5 Å². The molecule has 0 saturated carbocycles. The van der Waals surface area contributed by atoms with E-state index < -0.39 is 26.8 Å². The molecule has 1 saturated heterocycles. The van der Waals surface area contributed by atoms with Crippen LogP contribution in [-0.4, -0.2) is 32.5 Å². The molecule has 1 aromatic rings. The van der Waals surface area contributed by atoms with Gasteiger partial charge in [0.1, 0.15) is 12.7 Å². The molecule has 0 aliphatic carbocycles. The fourth-order valence-electron chi connectivity index (χ4n) is 1.64. The van der Waals surface area contributed by atoms with Crippen molar-refractivity contribution in [1.82, 2.24) is 0 Å². The third kappa shape index (κ3) is 3.19. The monoisotopic (exact) mass is 298 g/mol. The largest absolute Gasteiger partial charge is 0.462 e. The topological polar surface area (TPSA) is 73.0 Å². The van der Waals surface area contributed by atoms with Gasteiger partial charge in [-0.05, 0) is 32.9 Å². The molecule has 0 spiro atoms. The van der Waals surface area contributed by atoms with E-state index in [2.05, 4.69) is 0 Å². The average Bonchev–Trinajstić information content (AvgIpc) is 3.16. The Morgan fingerprint density at radius 3 is 2.40 bits per heavy atom. The maximum Gasteiger partial charge on any atom is 0.311 e. The summed E-state index contributed by atoms with van der Waals surface area (Å²) in [5.41, 5.74) is -1.53. The number of hydrogen-bond donors (Lipinski definition) is 0. The Morgan fingerprint density at radius 1 is 1.25 bits per heavy atom. The van der Waals surface area contributed by atoms with Gasteiger partial charge < -0.3 is 9.47 Å². The van der Waals surface area contributed by atoms with Gasteiger partial charge in [-0.1, -0.05) is 18.2 Å². The first-order chi connectivity index (χ1) is 9.23. The van der Waals surface area contributed by atoms with Crippen LogP contribution in [0.15, 0.2) is 35.2 Å². The number of hydrogen-bond acceptors (Lipinski definition) is 5. The second-order valence-electron chi connectivity index (χ2n) is 5.75. The first-order valence-corrected chi connectivity index (χ1v) is 7.89. The van der Waals surface area contributed by atoms with Gasteiger partial charge >= 0.3 is 5.97 Å². The van der Waals surface area contributed by atoms with Crippen LogP contribution in [0, 0.1) is 5.41 Å². The molecule has 6 heteroatoms. The fourth-order valence-corrected chi connectivity index (χ4v) is 3.21. The van der Waals surface area contributed by atoms with E-state index in [1.165, 1.54) is 12.1 Å². The van der Waals surface area contributed by atoms with Crippen molar-refractivity contribution in [3.8, 4) is 0 Å². The summed E-state index contributed by atoms with van der Waals surface area (Å²) in [6, 6.07) is 8.10. The van der Waals surface area contributed by atoms with E-state index >= 15 is 0 Å². The van der Waals surface area contributed by atoms with Gasteiger partial charge in [-0.15, -0.1) is 0 Å². The molecule has 20 heavy (non-hydrogen) atoms. The number of esters is 1. The van der Waals surface area contributed by atoms with Gasteiger partial charge in [0, 0.05) is 0 Å². The number of carbonyl (C=O) groups excluding carboxylic acids is 1. The van der Waals surface area contributed by atoms with Gasteiger partial charge in [0.2, 0.25) is 9.84 Å². The summed E-state index contributed by atoms with van der Waals surface area (Å²) in [5.74, 6) is -0.371. The number of benzene rings is 1. The van der Waals surface area contributed by atoms with Crippen LogP contribution in [0.1, 0.15) is 20.8 Å². The molecule has 2 atom stereocenters. The van der Waals surface area contributed by atoms with E-state index in [0.717, 1.165) is 0 Å². The predicted octanol–water partition coefficient (Wildman–Crippen LogP) is 1.77. The second-order valence-corrected chi connectivity index (χ2v) is 7.78. The highest BCUT2D eigenvalue weighted by Gasteiger charge is 2.50. The first-order valence-electron chi connectivity index (χ1n) is 6.34. The highest BCUT2D eigenvalue weighted by Crippen LogP contribution is 2.33. The molecule has 1 aliphatic rings. The molecule has 0 radical (unpaired) electrons. The average molecular weight is 298 g/mol. The standard InChI is InChI=1S/C14H18O5S/c1-14(2,3)13(15)18-9-11-12(19-11)20(16,17)10-7-5-4-6-8-10/h4-8,11-12H,9H2,1-3H3/t11-,12-/m1/s1. The van der Waals surface area contributed by atoms with Crippen LogP contribution in [0.3, 0.4) is 0 Å². The highest BCUT2D eigenvalue weighted by molar-refractivity contribution is 7.92. The summed E-state index contributed by atoms with van der Waals surface area (Å²) in [7, 11) is -3.51. The lowest BCUT2D eigenvalue weighted by molar-refractivity contribution is -0.153. The van der Waals surface area contributed by atoms with Crippen molar-refractivity contribution >= 4 is 15.8 Å². The van der Waals surface area contributed by atoms with E-state index in [9.17, 15) is 13.2 Å². The van der Waals surface area contributed by atoms with Crippen LogP contribution in [0.25, 0.3) is 0 Å². The summed E-state index contributed by atoms with van der Waals surface area (Å²) >= 11 is 0. The van der Waals surface area contributed by atoms with Gasteiger partial charge in [0.15, 0.2) is 5.44 Å². The molecule has 0 bridgehead atoms. The number of carbonyl (C=O) groups is 1. The van der Waals surface area contributed by atoms with Gasteiger partial charge in [-0.25, -0.2) is 8.42 Å². The molecule has 0 amide bonds. The summed E-state index contributed by atoms with van der Waals surface area (Å²) in [6.07, 6.45) is -0.577. The summed E-state index contributed by atoms with van der Waals surface area (Å²) < 4.78 is 34.6. The number of epoxide rings is 1. The van der Waals surface area contributed by atoms with Crippen LogP contribution in [-0.2, 0) is 24.1 Å². The van der Waals surface area contributed by atoms with Crippen LogP contribution in [0.5, 0.6) is 0 Å². The van der Waals surface area contributed by atoms with Crippen LogP contribution in [0.2, 0.25) is 0 Å². The van der Waals surface area contributed by atoms with Crippen LogP contribution < -0.4 is 0 Å². The predicted molar refractivity (Wildman–Crippen MR) is 72.7 cm³/mol. The molecule has 2 rings (SSSR count). The van der Waals surface area contributed by atoms with Crippen molar-refractivity contribution in [1.29, 1.82) is 0 Å². The van der Waals surface area contributed by atoms with E-state index in [1.807, 2.05) is 0 Å². The van der Waals surface area contributed by atoms with Gasteiger partial charge in [0.05, 0.1) is 10.3 Å². The van der Waals surface area contributed by atoms with E-state index in [1.54, 1.807) is 39.0 Å². The zero-order valence-electron chi connectivity index (χ0n) is 11.7. The van der Waals surface area contributed by atoms with E-state index in [0.29, 0.717) is 0 Å². The minimum Gasteiger partial charge on any atom is -0.462 e. The zero-order chi connectivity index (χ0) is 15.0. The van der Waals surface area contributed by atoms with Crippen molar-refractivity contribution in [2.24, 2.45) is 5.41 Å². The Balaban J connectivity index is 1.94. The molecule has 1 aromatic carbocycles. The molecule has 0 N–H and O–H groups in total.